The molecule has 0 radical (unpaired) electrons. The molecule has 0 saturated carbocycles. The second kappa shape index (κ2) is 13.0. The van der Waals surface area contributed by atoms with E-state index in [9.17, 15) is 0 Å². The summed E-state index contributed by atoms with van der Waals surface area (Å²) in [7, 11) is 1.83. The Hall–Kier alpha value is -0.340. The average Bonchev–Trinajstić information content (AvgIpc) is 2.49. The van der Waals surface area contributed by atoms with Crippen LogP contribution >= 0.6 is 24.0 Å². The predicted molar refractivity (Wildman–Crippen MR) is 110 cm³/mol. The van der Waals surface area contributed by atoms with Crippen LogP contribution in [-0.4, -0.2) is 62.8 Å². The highest BCUT2D eigenvalue weighted by Gasteiger charge is 2.12. The Balaban J connectivity index is 0.00000484. The number of rotatable bonds is 8. The third-order valence-electron chi connectivity index (χ3n) is 4.01. The van der Waals surface area contributed by atoms with E-state index < -0.39 is 0 Å². The monoisotopic (exact) mass is 438 g/mol. The molecular formula is C17H35IN4O. The summed E-state index contributed by atoms with van der Waals surface area (Å²) in [5.74, 6) is 0.889. The van der Waals surface area contributed by atoms with Gasteiger partial charge in [-0.2, -0.15) is 0 Å². The van der Waals surface area contributed by atoms with Gasteiger partial charge in [0, 0.05) is 38.8 Å². The van der Waals surface area contributed by atoms with Gasteiger partial charge in [-0.15, -0.1) is 24.0 Å². The lowest BCUT2D eigenvalue weighted by molar-refractivity contribution is 0.153. The average molecular weight is 438 g/mol. The number of aliphatic imine (C=N–C) groups is 1. The molecule has 6 heteroatoms. The smallest absolute Gasteiger partial charge is 0.191 e. The van der Waals surface area contributed by atoms with Gasteiger partial charge in [-0.25, -0.2) is 0 Å². The van der Waals surface area contributed by atoms with E-state index in [-0.39, 0.29) is 24.0 Å². The van der Waals surface area contributed by atoms with Gasteiger partial charge in [-0.3, -0.25) is 9.89 Å². The van der Waals surface area contributed by atoms with Crippen LogP contribution in [0.2, 0.25) is 0 Å². The van der Waals surface area contributed by atoms with Crippen molar-refractivity contribution in [2.75, 3.05) is 39.9 Å². The SMILES string of the molecule is CN=C(NCCC1=CCOCC1)NCCN(C(C)C)C(C)C.I. The van der Waals surface area contributed by atoms with Crippen LogP contribution in [0.3, 0.4) is 0 Å². The standard InChI is InChI=1S/C17H34N4O.HI/c1-14(2)21(15(3)4)11-10-20-17(18-5)19-9-6-16-7-12-22-13-8-16;/h7,14-15H,6,8-13H2,1-5H3,(H2,18,19,20);1H. The van der Waals surface area contributed by atoms with Crippen LogP contribution in [0, 0.1) is 0 Å². The van der Waals surface area contributed by atoms with Gasteiger partial charge in [0.25, 0.3) is 0 Å². The molecular weight excluding hydrogens is 403 g/mol. The molecule has 5 nitrogen and oxygen atoms in total. The highest BCUT2D eigenvalue weighted by atomic mass is 127. The Kier molecular flexibility index (Phi) is 12.8. The molecule has 0 bridgehead atoms. The van der Waals surface area contributed by atoms with Crippen molar-refractivity contribution in [1.82, 2.24) is 15.5 Å². The third-order valence-corrected chi connectivity index (χ3v) is 4.01. The van der Waals surface area contributed by atoms with Gasteiger partial charge in [-0.05, 0) is 40.5 Å². The van der Waals surface area contributed by atoms with Crippen LogP contribution in [0.25, 0.3) is 0 Å². The lowest BCUT2D eigenvalue weighted by atomic mass is 10.1. The van der Waals surface area contributed by atoms with Gasteiger partial charge in [-0.1, -0.05) is 11.6 Å². The molecule has 1 aliphatic rings. The molecule has 0 aliphatic carbocycles. The van der Waals surface area contributed by atoms with Crippen molar-refractivity contribution in [3.05, 3.63) is 11.6 Å². The number of hydrogen-bond donors (Lipinski definition) is 2. The van der Waals surface area contributed by atoms with Crippen molar-refractivity contribution in [2.45, 2.75) is 52.6 Å². The molecule has 0 spiro atoms. The lowest BCUT2D eigenvalue weighted by Crippen LogP contribution is -2.45. The van der Waals surface area contributed by atoms with Crippen molar-refractivity contribution in [3.63, 3.8) is 0 Å². The number of hydrogen-bond acceptors (Lipinski definition) is 3. The van der Waals surface area contributed by atoms with Crippen LogP contribution in [0.1, 0.15) is 40.5 Å². The van der Waals surface area contributed by atoms with Crippen LogP contribution in [0.15, 0.2) is 16.6 Å². The molecule has 2 N–H and O–H groups in total. The highest BCUT2D eigenvalue weighted by molar-refractivity contribution is 14.0. The molecule has 23 heavy (non-hydrogen) atoms. The summed E-state index contributed by atoms with van der Waals surface area (Å²) in [6.07, 6.45) is 4.32. The Morgan fingerprint density at radius 1 is 1.22 bits per heavy atom. The largest absolute Gasteiger partial charge is 0.377 e. The van der Waals surface area contributed by atoms with Crippen molar-refractivity contribution in [2.24, 2.45) is 4.99 Å². The van der Waals surface area contributed by atoms with Crippen LogP contribution in [0.4, 0.5) is 0 Å². The van der Waals surface area contributed by atoms with E-state index in [4.69, 9.17) is 4.74 Å². The molecule has 136 valence electrons. The normalized spacial score (nSPS) is 15.7. The molecule has 1 heterocycles. The maximum absolute atomic E-state index is 5.32. The molecule has 1 rings (SSSR count). The Morgan fingerprint density at radius 2 is 1.87 bits per heavy atom. The second-order valence-electron chi connectivity index (χ2n) is 6.29. The quantitative estimate of drug-likeness (QED) is 0.265. The summed E-state index contributed by atoms with van der Waals surface area (Å²) in [6.45, 7) is 13.5. The molecule has 1 aliphatic heterocycles. The minimum absolute atomic E-state index is 0. The molecule has 0 aromatic rings. The maximum Gasteiger partial charge on any atom is 0.191 e. The molecule has 0 unspecified atom stereocenters. The summed E-state index contributed by atoms with van der Waals surface area (Å²) in [5, 5.41) is 6.79. The van der Waals surface area contributed by atoms with Gasteiger partial charge < -0.3 is 15.4 Å². The molecule has 0 fully saturated rings. The van der Waals surface area contributed by atoms with E-state index in [1.807, 2.05) is 7.05 Å². The summed E-state index contributed by atoms with van der Waals surface area (Å²) in [5.41, 5.74) is 1.49. The van der Waals surface area contributed by atoms with Crippen LogP contribution in [0.5, 0.6) is 0 Å². The molecule has 0 atom stereocenters. The zero-order valence-corrected chi connectivity index (χ0v) is 17.7. The second-order valence-corrected chi connectivity index (χ2v) is 6.29. The van der Waals surface area contributed by atoms with E-state index in [1.165, 1.54) is 5.57 Å². The fourth-order valence-electron chi connectivity index (χ4n) is 2.77. The number of nitrogens with zero attached hydrogens (tertiary/aromatic N) is 2. The van der Waals surface area contributed by atoms with E-state index in [1.54, 1.807) is 0 Å². The first-order valence-electron chi connectivity index (χ1n) is 8.50. The van der Waals surface area contributed by atoms with E-state index in [0.717, 1.165) is 51.6 Å². The van der Waals surface area contributed by atoms with Crippen molar-refractivity contribution >= 4 is 29.9 Å². The maximum atomic E-state index is 5.32. The number of ether oxygens (including phenoxy) is 1. The van der Waals surface area contributed by atoms with Crippen molar-refractivity contribution in [1.29, 1.82) is 0 Å². The number of halogens is 1. The van der Waals surface area contributed by atoms with E-state index in [2.05, 4.69) is 54.3 Å². The molecule has 0 amide bonds. The minimum atomic E-state index is 0. The van der Waals surface area contributed by atoms with E-state index in [0.29, 0.717) is 12.1 Å². The van der Waals surface area contributed by atoms with Gasteiger partial charge >= 0.3 is 0 Å². The van der Waals surface area contributed by atoms with Gasteiger partial charge in [0.05, 0.1) is 13.2 Å². The zero-order valence-electron chi connectivity index (χ0n) is 15.4. The van der Waals surface area contributed by atoms with Crippen LogP contribution < -0.4 is 10.6 Å². The molecule has 0 aromatic carbocycles. The topological polar surface area (TPSA) is 48.9 Å². The lowest BCUT2D eigenvalue weighted by Gasteiger charge is -2.30. The van der Waals surface area contributed by atoms with Crippen molar-refractivity contribution < 1.29 is 4.74 Å². The summed E-state index contributed by atoms with van der Waals surface area (Å²) >= 11 is 0. The predicted octanol–water partition coefficient (Wildman–Crippen LogP) is 2.63. The Labute approximate surface area is 159 Å². The zero-order chi connectivity index (χ0) is 16.4. The van der Waals surface area contributed by atoms with Crippen LogP contribution in [-0.2, 0) is 4.74 Å². The molecule has 0 saturated heterocycles. The van der Waals surface area contributed by atoms with Gasteiger partial charge in [0.1, 0.15) is 0 Å². The Morgan fingerprint density at radius 3 is 2.39 bits per heavy atom. The first-order chi connectivity index (χ1) is 10.5. The van der Waals surface area contributed by atoms with E-state index >= 15 is 0 Å². The minimum Gasteiger partial charge on any atom is -0.377 e. The fourth-order valence-corrected chi connectivity index (χ4v) is 2.77. The summed E-state index contributed by atoms with van der Waals surface area (Å²) in [6, 6.07) is 1.13. The molecule has 0 aromatic heterocycles. The summed E-state index contributed by atoms with van der Waals surface area (Å²) < 4.78 is 5.32. The summed E-state index contributed by atoms with van der Waals surface area (Å²) in [4.78, 5) is 6.77. The first-order valence-corrected chi connectivity index (χ1v) is 8.50. The van der Waals surface area contributed by atoms with Crippen molar-refractivity contribution in [3.8, 4) is 0 Å². The highest BCUT2D eigenvalue weighted by Crippen LogP contribution is 2.10. The van der Waals surface area contributed by atoms with Gasteiger partial charge in [0.2, 0.25) is 0 Å². The Bertz CT molecular complexity index is 362. The first kappa shape index (κ1) is 22.7. The number of nitrogens with one attached hydrogen (secondary N) is 2. The number of guanidine groups is 1. The fraction of sp³-hybridized carbons (Fsp3) is 0.824. The third kappa shape index (κ3) is 9.52. The van der Waals surface area contributed by atoms with Gasteiger partial charge in [0.15, 0.2) is 5.96 Å².